The van der Waals surface area contributed by atoms with E-state index in [1.54, 1.807) is 11.6 Å². The van der Waals surface area contributed by atoms with Gasteiger partial charge in [-0.1, -0.05) is 5.21 Å². The van der Waals surface area contributed by atoms with Gasteiger partial charge in [-0.15, -0.1) is 5.10 Å². The Hall–Kier alpha value is -1.43. The van der Waals surface area contributed by atoms with Crippen molar-refractivity contribution in [1.29, 1.82) is 0 Å². The Labute approximate surface area is 82.1 Å². The van der Waals surface area contributed by atoms with Crippen molar-refractivity contribution < 1.29 is 9.90 Å². The highest BCUT2D eigenvalue weighted by Crippen LogP contribution is 2.02. The fraction of sp³-hybridized carbons (Fsp3) is 0.625. The lowest BCUT2D eigenvalue weighted by atomic mass is 10.3. The molecule has 0 saturated carbocycles. The Balaban J connectivity index is 2.74. The van der Waals surface area contributed by atoms with E-state index in [0.29, 0.717) is 12.2 Å². The molecular formula is C8H14N4O2. The van der Waals surface area contributed by atoms with E-state index in [2.05, 4.69) is 10.3 Å². The van der Waals surface area contributed by atoms with Crippen molar-refractivity contribution in [3.8, 4) is 0 Å². The molecule has 0 radical (unpaired) electrons. The Morgan fingerprint density at radius 1 is 1.57 bits per heavy atom. The van der Waals surface area contributed by atoms with Crippen LogP contribution in [0.15, 0.2) is 0 Å². The molecule has 1 rings (SSSR count). The molecule has 0 saturated heterocycles. The molecule has 1 N–H and O–H groups in total. The van der Waals surface area contributed by atoms with E-state index in [9.17, 15) is 4.79 Å². The zero-order chi connectivity index (χ0) is 10.7. The van der Waals surface area contributed by atoms with Crippen molar-refractivity contribution in [2.45, 2.75) is 13.5 Å². The van der Waals surface area contributed by atoms with E-state index >= 15 is 0 Å². The highest BCUT2D eigenvalue weighted by molar-refractivity contribution is 5.86. The summed E-state index contributed by atoms with van der Waals surface area (Å²) in [6.07, 6.45) is 0. The fourth-order valence-corrected chi connectivity index (χ4v) is 1.07. The average Bonchev–Trinajstić information content (AvgIpc) is 2.43. The van der Waals surface area contributed by atoms with E-state index < -0.39 is 5.97 Å². The van der Waals surface area contributed by atoms with Gasteiger partial charge in [-0.3, -0.25) is 0 Å². The van der Waals surface area contributed by atoms with Crippen LogP contribution in [0.1, 0.15) is 16.2 Å². The predicted molar refractivity (Wildman–Crippen MR) is 50.3 cm³/mol. The number of hydrogen-bond donors (Lipinski definition) is 1. The summed E-state index contributed by atoms with van der Waals surface area (Å²) in [7, 11) is 3.90. The van der Waals surface area contributed by atoms with E-state index in [0.717, 1.165) is 6.54 Å². The van der Waals surface area contributed by atoms with E-state index in [1.165, 1.54) is 0 Å². The van der Waals surface area contributed by atoms with Crippen LogP contribution in [-0.4, -0.2) is 51.6 Å². The SMILES string of the molecule is Cc1c(C(=O)O)nnn1CCN(C)C. The summed E-state index contributed by atoms with van der Waals surface area (Å²) >= 11 is 0. The van der Waals surface area contributed by atoms with Gasteiger partial charge in [0.1, 0.15) is 0 Å². The lowest BCUT2D eigenvalue weighted by Crippen LogP contribution is -2.19. The van der Waals surface area contributed by atoms with Crippen molar-refractivity contribution in [3.63, 3.8) is 0 Å². The minimum Gasteiger partial charge on any atom is -0.476 e. The molecule has 1 heterocycles. The second-order valence-corrected chi connectivity index (χ2v) is 3.36. The third-order valence-corrected chi connectivity index (χ3v) is 1.94. The van der Waals surface area contributed by atoms with Crippen LogP contribution in [-0.2, 0) is 6.54 Å². The third kappa shape index (κ3) is 2.29. The lowest BCUT2D eigenvalue weighted by molar-refractivity contribution is 0.0689. The standard InChI is InChI=1S/C8H14N4O2/c1-6-7(8(13)14)9-10-12(6)5-4-11(2)3/h4-5H2,1-3H3,(H,13,14). The van der Waals surface area contributed by atoms with Gasteiger partial charge in [0.15, 0.2) is 5.69 Å². The first-order valence-electron chi connectivity index (χ1n) is 4.30. The molecule has 0 unspecified atom stereocenters. The smallest absolute Gasteiger partial charge is 0.358 e. The monoisotopic (exact) mass is 198 g/mol. The number of carboxylic acid groups (broad SMARTS) is 1. The largest absolute Gasteiger partial charge is 0.476 e. The molecule has 0 bridgehead atoms. The predicted octanol–water partition coefficient (Wildman–Crippen LogP) is -0.154. The number of rotatable bonds is 4. The van der Waals surface area contributed by atoms with E-state index in [1.807, 2.05) is 19.0 Å². The molecule has 0 spiro atoms. The molecule has 0 amide bonds. The minimum absolute atomic E-state index is 0.0313. The lowest BCUT2D eigenvalue weighted by Gasteiger charge is -2.09. The summed E-state index contributed by atoms with van der Waals surface area (Å²) in [4.78, 5) is 12.6. The van der Waals surface area contributed by atoms with Gasteiger partial charge in [0.2, 0.25) is 0 Å². The molecule has 78 valence electrons. The Morgan fingerprint density at radius 2 is 2.21 bits per heavy atom. The van der Waals surface area contributed by atoms with Crippen LogP contribution in [0.3, 0.4) is 0 Å². The van der Waals surface area contributed by atoms with Crippen LogP contribution in [0, 0.1) is 6.92 Å². The normalized spacial score (nSPS) is 10.9. The number of aromatic nitrogens is 3. The number of carboxylic acids is 1. The summed E-state index contributed by atoms with van der Waals surface area (Å²) in [5.41, 5.74) is 0.628. The van der Waals surface area contributed by atoms with Crippen molar-refractivity contribution >= 4 is 5.97 Å². The van der Waals surface area contributed by atoms with Gasteiger partial charge < -0.3 is 10.0 Å². The molecule has 0 aliphatic rings. The minimum atomic E-state index is -1.03. The fourth-order valence-electron chi connectivity index (χ4n) is 1.07. The molecule has 0 atom stereocenters. The van der Waals surface area contributed by atoms with Crippen molar-refractivity contribution in [2.75, 3.05) is 20.6 Å². The van der Waals surface area contributed by atoms with Crippen LogP contribution < -0.4 is 0 Å². The topological polar surface area (TPSA) is 71.2 Å². The van der Waals surface area contributed by atoms with E-state index in [4.69, 9.17) is 5.11 Å². The van der Waals surface area contributed by atoms with Crippen LogP contribution >= 0.6 is 0 Å². The van der Waals surface area contributed by atoms with Gasteiger partial charge >= 0.3 is 5.97 Å². The zero-order valence-electron chi connectivity index (χ0n) is 8.56. The zero-order valence-corrected chi connectivity index (χ0v) is 8.56. The maximum Gasteiger partial charge on any atom is 0.358 e. The summed E-state index contributed by atoms with van der Waals surface area (Å²) in [6.45, 7) is 3.17. The molecular weight excluding hydrogens is 184 g/mol. The molecule has 0 aromatic carbocycles. The Morgan fingerprint density at radius 3 is 2.64 bits per heavy atom. The number of carbonyl (C=O) groups is 1. The van der Waals surface area contributed by atoms with E-state index in [-0.39, 0.29) is 5.69 Å². The molecule has 0 fully saturated rings. The molecule has 14 heavy (non-hydrogen) atoms. The summed E-state index contributed by atoms with van der Waals surface area (Å²) < 4.78 is 1.60. The highest BCUT2D eigenvalue weighted by Gasteiger charge is 2.14. The first-order valence-corrected chi connectivity index (χ1v) is 4.30. The number of hydrogen-bond acceptors (Lipinski definition) is 4. The van der Waals surface area contributed by atoms with Crippen molar-refractivity contribution in [3.05, 3.63) is 11.4 Å². The molecule has 1 aromatic rings. The highest BCUT2D eigenvalue weighted by atomic mass is 16.4. The second kappa shape index (κ2) is 4.19. The quantitative estimate of drug-likeness (QED) is 0.728. The third-order valence-electron chi connectivity index (χ3n) is 1.94. The van der Waals surface area contributed by atoms with Crippen LogP contribution in [0.25, 0.3) is 0 Å². The van der Waals surface area contributed by atoms with Crippen LogP contribution in [0.2, 0.25) is 0 Å². The molecule has 0 aliphatic heterocycles. The Bertz CT molecular complexity index is 332. The maximum atomic E-state index is 10.6. The van der Waals surface area contributed by atoms with Crippen LogP contribution in [0.5, 0.6) is 0 Å². The summed E-state index contributed by atoms with van der Waals surface area (Å²) in [5.74, 6) is -1.03. The van der Waals surface area contributed by atoms with Gasteiger partial charge in [0.25, 0.3) is 0 Å². The maximum absolute atomic E-state index is 10.6. The molecule has 0 aliphatic carbocycles. The molecule has 6 heteroatoms. The average molecular weight is 198 g/mol. The molecule has 1 aromatic heterocycles. The number of nitrogens with zero attached hydrogens (tertiary/aromatic N) is 4. The first kappa shape index (κ1) is 10.6. The number of aromatic carboxylic acids is 1. The second-order valence-electron chi connectivity index (χ2n) is 3.36. The van der Waals surface area contributed by atoms with Gasteiger partial charge in [0.05, 0.1) is 12.2 Å². The van der Waals surface area contributed by atoms with Crippen LogP contribution in [0.4, 0.5) is 0 Å². The first-order chi connectivity index (χ1) is 6.52. The summed E-state index contributed by atoms with van der Waals surface area (Å²) in [5, 5.41) is 16.1. The van der Waals surface area contributed by atoms with Gasteiger partial charge in [-0.25, -0.2) is 9.48 Å². The van der Waals surface area contributed by atoms with Gasteiger partial charge in [-0.2, -0.15) is 0 Å². The number of likely N-dealkylation sites (N-methyl/N-ethyl adjacent to an activating group) is 1. The van der Waals surface area contributed by atoms with Gasteiger partial charge in [0, 0.05) is 6.54 Å². The summed E-state index contributed by atoms with van der Waals surface area (Å²) in [6, 6.07) is 0. The molecule has 6 nitrogen and oxygen atoms in total. The van der Waals surface area contributed by atoms with Crippen molar-refractivity contribution in [1.82, 2.24) is 19.9 Å². The van der Waals surface area contributed by atoms with Gasteiger partial charge in [-0.05, 0) is 21.0 Å². The Kier molecular flexibility index (Phi) is 3.19. The van der Waals surface area contributed by atoms with Crippen molar-refractivity contribution in [2.24, 2.45) is 0 Å².